The van der Waals surface area contributed by atoms with Crippen molar-refractivity contribution in [3.05, 3.63) is 199 Å². The lowest BCUT2D eigenvalue weighted by atomic mass is 9.94. The van der Waals surface area contributed by atoms with Gasteiger partial charge in [0.05, 0.1) is 110 Å². The standard InChI is InChI=1S/C35H49N5O5SSi2.C23H20N6O2S.C23H21N5O3S.2CH4/c1-47(2,3)20-16-44-25-39(26-45-17-21-48(4,5)6)35-31(24-41)33(28-14-18-46(42,43)19-15-28)38-34-30(23-37-40(34)35)29-12-13-32(36-22-29)27-10-8-7-9-11-27;30-32(31)10-8-16(9-11-32)21-19-13-25-28-23(19)29-22(27-21)18(14-26-29)17-6-7-20(24-12-17)15-4-2-1-3-5-15;24-22-19(14-29)21(16-8-10-32(30,31)11-9-16)27-23-18(13-26-28(22)23)17-6-7-20(25-12-17)15-4-2-1-3-5-15;;/h7-13,22-24,28H,14-21,25-26H2,1-6H3;1-7,12-14,16H,8-11H2,(H,25,28);1-7,12-14,16H,8-11,24H2;2*1H4. The van der Waals surface area contributed by atoms with E-state index in [1.807, 2.05) is 145 Å². The van der Waals surface area contributed by atoms with E-state index in [1.165, 1.54) is 4.52 Å². The molecule has 0 unspecified atom stereocenters. The third-order valence-corrected chi connectivity index (χ3v) is 29.3. The number of rotatable bonds is 22. The first-order chi connectivity index (χ1) is 53.8. The number of hydrogen-bond acceptors (Lipinski definition) is 22. The normalized spacial score (nSPS) is 15.8. The lowest BCUT2D eigenvalue weighted by Crippen LogP contribution is -2.35. The monoisotopic (exact) mass is 1630 g/mol. The van der Waals surface area contributed by atoms with Gasteiger partial charge in [0.1, 0.15) is 54.6 Å². The second-order valence-corrected chi connectivity index (χ2v) is 49.3. The summed E-state index contributed by atoms with van der Waals surface area (Å²) in [5.41, 5.74) is 22.2. The van der Waals surface area contributed by atoms with Crippen LogP contribution in [-0.4, -0.2) is 184 Å². The van der Waals surface area contributed by atoms with E-state index >= 15 is 0 Å². The lowest BCUT2D eigenvalue weighted by Gasteiger charge is -2.29. The number of aromatic nitrogens is 14. The minimum Gasteiger partial charge on any atom is -0.383 e. The Hall–Kier alpha value is -10.4. The molecule has 26 nitrogen and oxygen atoms in total. The maximum absolute atomic E-state index is 13.0. The number of nitrogens with one attached hydrogen (secondary N) is 1. The molecule has 31 heteroatoms. The molecule has 13 aromatic rings. The Morgan fingerprint density at radius 3 is 1.18 bits per heavy atom. The third kappa shape index (κ3) is 19.0. The zero-order valence-corrected chi connectivity index (χ0v) is 67.9. The van der Waals surface area contributed by atoms with E-state index in [0.717, 1.165) is 102 Å². The van der Waals surface area contributed by atoms with Crippen LogP contribution in [0.2, 0.25) is 51.4 Å². The van der Waals surface area contributed by atoms with Crippen LogP contribution < -0.4 is 10.6 Å². The van der Waals surface area contributed by atoms with Crippen LogP contribution >= 0.6 is 0 Å². The van der Waals surface area contributed by atoms with E-state index < -0.39 is 45.7 Å². The van der Waals surface area contributed by atoms with Crippen molar-refractivity contribution in [3.63, 3.8) is 0 Å². The molecule has 3 N–H and O–H groups in total. The Balaban J connectivity index is 0.000000161. The van der Waals surface area contributed by atoms with Crippen molar-refractivity contribution in [1.29, 1.82) is 0 Å². The summed E-state index contributed by atoms with van der Waals surface area (Å²) in [4.78, 5) is 55.6. The molecule has 0 spiro atoms. The van der Waals surface area contributed by atoms with Gasteiger partial charge >= 0.3 is 0 Å². The van der Waals surface area contributed by atoms with E-state index in [4.69, 9.17) is 40.2 Å². The average Bonchev–Trinajstić information content (AvgIpc) is 1.62. The first-order valence-electron chi connectivity index (χ1n) is 37.6. The van der Waals surface area contributed by atoms with Crippen LogP contribution in [0.5, 0.6) is 0 Å². The van der Waals surface area contributed by atoms with Crippen molar-refractivity contribution in [3.8, 4) is 67.2 Å². The van der Waals surface area contributed by atoms with Gasteiger partial charge in [-0.3, -0.25) is 29.6 Å². The smallest absolute Gasteiger partial charge is 0.165 e. The Bertz CT molecular complexity index is 5840. The van der Waals surface area contributed by atoms with Crippen molar-refractivity contribution in [2.24, 2.45) is 0 Å². The fourth-order valence-electron chi connectivity index (χ4n) is 14.3. The SMILES string of the molecule is C.C.C[Si](C)(C)CCOCN(COCC[Si](C)(C)C)c1c(C=O)c(C2CCS(=O)(=O)CC2)nc2c(-c3ccc(-c4ccccc4)nc3)cnn12.Nc1c(C=O)c(C2CCS(=O)(=O)CC2)nc2c(-c3ccc(-c4ccccc4)nc3)cnn12.O=S1(=O)CCC(c2nc3c(-c4ccc(-c5ccccc5)nc4)cnn3c3[nH]ncc23)CC1. The number of aldehydes is 2. The minimum absolute atomic E-state index is 0. The molecule has 3 aliphatic rings. The summed E-state index contributed by atoms with van der Waals surface area (Å²) < 4.78 is 89.7. The predicted molar refractivity (Wildman–Crippen MR) is 456 cm³/mol. The van der Waals surface area contributed by atoms with Crippen LogP contribution in [0.1, 0.15) is 109 Å². The quantitative estimate of drug-likeness (QED) is 0.0275. The zero-order valence-electron chi connectivity index (χ0n) is 63.4. The number of carbonyl (C=O) groups is 2. The highest BCUT2D eigenvalue weighted by Gasteiger charge is 2.35. The van der Waals surface area contributed by atoms with E-state index in [0.29, 0.717) is 97.7 Å². The Kier molecular flexibility index (Phi) is 25.6. The van der Waals surface area contributed by atoms with Gasteiger partial charge in [0, 0.05) is 116 Å². The number of nitrogen functional groups attached to an aromatic ring is 1. The van der Waals surface area contributed by atoms with Crippen molar-refractivity contribution < 1.29 is 44.3 Å². The van der Waals surface area contributed by atoms with Gasteiger partial charge in [-0.2, -0.15) is 33.9 Å². The Morgan fingerprint density at radius 1 is 0.447 bits per heavy atom. The van der Waals surface area contributed by atoms with Gasteiger partial charge in [0.2, 0.25) is 0 Å². The number of carbonyl (C=O) groups excluding carboxylic acids is 2. The molecular formula is C83H98N16O10S3Si2. The second-order valence-electron chi connectivity index (χ2n) is 31.2. The van der Waals surface area contributed by atoms with Gasteiger partial charge in [0.15, 0.2) is 35.2 Å². The molecule has 0 saturated carbocycles. The fraction of sp³-hybridized carbons (Fsp3) is 0.349. The summed E-state index contributed by atoms with van der Waals surface area (Å²) in [5.74, 6) is 1.17. The molecule has 13 heterocycles. The van der Waals surface area contributed by atoms with Crippen LogP contribution in [0.3, 0.4) is 0 Å². The molecule has 3 fully saturated rings. The highest BCUT2D eigenvalue weighted by molar-refractivity contribution is 7.91. The number of aromatic amines is 1. The second kappa shape index (κ2) is 35.1. The molecule has 16 rings (SSSR count). The maximum atomic E-state index is 13.0. The van der Waals surface area contributed by atoms with Crippen molar-refractivity contribution in [2.45, 2.75) is 123 Å². The number of anilines is 2. The Morgan fingerprint density at radius 2 is 0.798 bits per heavy atom. The van der Waals surface area contributed by atoms with E-state index in [2.05, 4.69) is 69.6 Å². The van der Waals surface area contributed by atoms with Gasteiger partial charge in [0.25, 0.3) is 0 Å². The van der Waals surface area contributed by atoms with Gasteiger partial charge < -0.3 is 20.1 Å². The molecule has 0 atom stereocenters. The highest BCUT2D eigenvalue weighted by atomic mass is 32.2. The molecular weight excluding hydrogens is 1530 g/mol. The summed E-state index contributed by atoms with van der Waals surface area (Å²) in [7, 11) is -11.8. The van der Waals surface area contributed by atoms with E-state index in [-0.39, 0.29) is 92.0 Å². The first kappa shape index (κ1) is 83.0. The maximum Gasteiger partial charge on any atom is 0.165 e. The van der Waals surface area contributed by atoms with Crippen LogP contribution in [0.15, 0.2) is 171 Å². The minimum atomic E-state index is -3.12. The number of nitrogens with two attached hydrogens (primary N) is 1. The van der Waals surface area contributed by atoms with Gasteiger partial charge in [-0.05, 0) is 68.8 Å². The number of H-pyrrole nitrogens is 1. The zero-order chi connectivity index (χ0) is 78.5. The molecule has 0 aliphatic carbocycles. The number of hydrogen-bond donors (Lipinski definition) is 2. The van der Waals surface area contributed by atoms with Crippen molar-refractivity contribution >= 4 is 97.8 Å². The molecule has 0 radical (unpaired) electrons. The molecule has 10 aromatic heterocycles. The van der Waals surface area contributed by atoms with E-state index in [9.17, 15) is 34.8 Å². The summed E-state index contributed by atoms with van der Waals surface area (Å²) >= 11 is 0. The molecule has 3 aliphatic heterocycles. The number of benzene rings is 3. The fourth-order valence-corrected chi connectivity index (χ4v) is 20.3. The summed E-state index contributed by atoms with van der Waals surface area (Å²) in [6.45, 7) is 15.5. The van der Waals surface area contributed by atoms with Crippen molar-refractivity contribution in [1.82, 2.24) is 68.9 Å². The summed E-state index contributed by atoms with van der Waals surface area (Å²) in [6, 6.07) is 43.8. The van der Waals surface area contributed by atoms with E-state index in [1.54, 1.807) is 40.0 Å². The number of sulfone groups is 3. The molecule has 114 heavy (non-hydrogen) atoms. The highest BCUT2D eigenvalue weighted by Crippen LogP contribution is 2.40. The summed E-state index contributed by atoms with van der Waals surface area (Å²) in [5, 5.41) is 21.8. The number of fused-ring (bicyclic) bond motifs is 5. The number of nitrogens with zero attached hydrogens (tertiary/aromatic N) is 14. The van der Waals surface area contributed by atoms with Crippen LogP contribution in [0.4, 0.5) is 11.6 Å². The van der Waals surface area contributed by atoms with Gasteiger partial charge in [-0.25, -0.2) is 40.2 Å². The largest absolute Gasteiger partial charge is 0.383 e. The molecule has 3 saturated heterocycles. The molecule has 0 amide bonds. The molecule has 596 valence electrons. The average molecular weight is 1630 g/mol. The first-order valence-corrected chi connectivity index (χ1v) is 50.5. The van der Waals surface area contributed by atoms with Gasteiger partial charge in [-0.1, -0.05) is 163 Å². The molecule has 0 bridgehead atoms. The third-order valence-electron chi connectivity index (χ3n) is 20.8. The number of ether oxygens (including phenoxy) is 2. The summed E-state index contributed by atoms with van der Waals surface area (Å²) in [6.07, 6.45) is 16.7. The molecule has 3 aromatic carbocycles. The predicted octanol–water partition coefficient (Wildman–Crippen LogP) is 15.0. The van der Waals surface area contributed by atoms with Gasteiger partial charge in [-0.15, -0.1) is 0 Å². The van der Waals surface area contributed by atoms with Crippen LogP contribution in [0, 0.1) is 0 Å². The van der Waals surface area contributed by atoms with Crippen molar-refractivity contribution in [2.75, 3.05) is 71.8 Å². The van der Waals surface area contributed by atoms with Crippen LogP contribution in [0.25, 0.3) is 95.1 Å². The lowest BCUT2D eigenvalue weighted by molar-refractivity contribution is 0.0938. The topological polar surface area (TPSA) is 342 Å². The van der Waals surface area contributed by atoms with Crippen LogP contribution in [-0.2, 0) is 39.0 Å². The number of pyridine rings is 3. The Labute approximate surface area is 667 Å².